The predicted molar refractivity (Wildman–Crippen MR) is 10.8 cm³/mol. The van der Waals surface area contributed by atoms with Gasteiger partial charge in [-0.25, -0.2) is 0 Å². The van der Waals surface area contributed by atoms with Crippen LogP contribution in [0.5, 0.6) is 0 Å². The van der Waals surface area contributed by atoms with E-state index >= 15 is 0 Å². The Morgan fingerprint density at radius 2 is 0.400 bits per heavy atom. The second-order valence-electron chi connectivity index (χ2n) is 0. The molecule has 0 aliphatic rings. The molecule has 0 aromatic heterocycles. The van der Waals surface area contributed by atoms with E-state index < -0.39 is 0 Å². The zero-order valence-corrected chi connectivity index (χ0v) is 5.44. The number of hydrogen-bond donors (Lipinski definition) is 0. The average Bonchev–Trinajstić information content (AvgIpc) is 0. The van der Waals surface area contributed by atoms with Gasteiger partial charge in [-0.3, -0.25) is 0 Å². The van der Waals surface area contributed by atoms with Crippen LogP contribution in [0.2, 0.25) is 0 Å². The molecule has 0 amide bonds. The van der Waals surface area contributed by atoms with Crippen LogP contribution in [0, 0.1) is 0 Å². The van der Waals surface area contributed by atoms with Gasteiger partial charge < -0.3 is 16.4 Å². The summed E-state index contributed by atoms with van der Waals surface area (Å²) in [6.45, 7) is 0. The fourth-order valence-corrected chi connectivity index (χ4v) is 0. The first-order chi connectivity index (χ1) is 0. The maximum atomic E-state index is 0. The van der Waals surface area contributed by atoms with E-state index in [1.54, 1.807) is 0 Å². The first kappa shape index (κ1) is 127. The molecule has 5 heavy (non-hydrogen) atoms. The third-order valence-electron chi connectivity index (χ3n) is 0. The summed E-state index contributed by atoms with van der Waals surface area (Å²) in [5.41, 5.74) is 0. The number of hydrogen-bond acceptors (Lipinski definition) is 0. The summed E-state index contributed by atoms with van der Waals surface area (Å²) in [6.07, 6.45) is 0. The first-order valence-electron chi connectivity index (χ1n) is 0. The van der Waals surface area contributed by atoms with E-state index in [0.29, 0.717) is 0 Å². The fourth-order valence-electron chi connectivity index (χ4n) is 0. The molecule has 0 aromatic rings. The molecule has 0 aliphatic carbocycles. The van der Waals surface area contributed by atoms with E-state index in [2.05, 4.69) is 0 Å². The van der Waals surface area contributed by atoms with E-state index in [1.165, 1.54) is 0 Å². The Morgan fingerprint density at radius 3 is 0.400 bits per heavy atom. The maximum Gasteiger partial charge on any atom is 0 e. The van der Waals surface area contributed by atoms with Crippen molar-refractivity contribution in [1.82, 2.24) is 0 Å². The van der Waals surface area contributed by atoms with Crippen LogP contribution in [0.4, 0.5) is 0 Å². The second kappa shape index (κ2) is 68.8. The van der Waals surface area contributed by atoms with Gasteiger partial charge in [0.2, 0.25) is 0 Å². The van der Waals surface area contributed by atoms with E-state index in [4.69, 9.17) is 0 Å². The molecule has 0 spiro atoms. The molecule has 42 valence electrons. The van der Waals surface area contributed by atoms with Crippen LogP contribution in [0.15, 0.2) is 0 Å². The van der Waals surface area contributed by atoms with Gasteiger partial charge in [0.1, 0.15) is 0 Å². The molecule has 0 aliphatic heterocycles. The molecule has 2 radical (unpaired) electrons. The van der Waals surface area contributed by atoms with Crippen LogP contribution in [-0.4, -0.2) is 16.4 Å². The van der Waals surface area contributed by atoms with Crippen LogP contribution < -0.4 is 0 Å². The van der Waals surface area contributed by atoms with Crippen LogP contribution in [0.1, 0.15) is 0 Å². The quantitative estimate of drug-likeness (QED) is 0.431. The van der Waals surface area contributed by atoms with Crippen molar-refractivity contribution in [2.75, 3.05) is 0 Å². The van der Waals surface area contributed by atoms with Crippen LogP contribution in [-0.2, 0) is 39.0 Å². The van der Waals surface area contributed by atoms with Gasteiger partial charge >= 0.3 is 0 Å². The molecule has 0 unspecified atom stereocenters. The van der Waals surface area contributed by atoms with Gasteiger partial charge in [-0.05, 0) is 0 Å². The Bertz CT molecular complexity index is 4.85. The minimum atomic E-state index is 0. The van der Waals surface area contributed by atoms with Crippen molar-refractivity contribution in [2.24, 2.45) is 0 Å². The summed E-state index contributed by atoms with van der Waals surface area (Å²) in [5.74, 6) is 0. The Labute approximate surface area is 55.6 Å². The minimum absolute atomic E-state index is 0. The number of rotatable bonds is 0. The van der Waals surface area contributed by atoms with Crippen LogP contribution >= 0.6 is 0 Å². The SMILES string of the molecule is O.O.O.[Rh].[Rh]. The second-order valence-corrected chi connectivity index (χ2v) is 0. The van der Waals surface area contributed by atoms with Crippen molar-refractivity contribution >= 4 is 0 Å². The van der Waals surface area contributed by atoms with Crippen molar-refractivity contribution in [2.45, 2.75) is 0 Å². The summed E-state index contributed by atoms with van der Waals surface area (Å²) in [7, 11) is 0. The Balaban J connectivity index is 0. The normalized spacial score (nSPS) is 0. The first-order valence-corrected chi connectivity index (χ1v) is 0. The molecule has 0 fully saturated rings. The smallest absolute Gasteiger partial charge is 0 e. The standard InChI is InChI=1S/3H2O.2Rh/h3*1H2;;. The van der Waals surface area contributed by atoms with Gasteiger partial charge in [0.15, 0.2) is 0 Å². The van der Waals surface area contributed by atoms with Gasteiger partial charge in [0.05, 0.1) is 0 Å². The average molecular weight is 260 g/mol. The molecule has 6 N–H and O–H groups in total. The van der Waals surface area contributed by atoms with E-state index in [-0.39, 0.29) is 55.4 Å². The Kier molecular flexibility index (Phi) is 1740. The molecule has 0 heterocycles. The van der Waals surface area contributed by atoms with Gasteiger partial charge in [0, 0.05) is 39.0 Å². The monoisotopic (exact) mass is 260 g/mol. The summed E-state index contributed by atoms with van der Waals surface area (Å²) < 4.78 is 0. The summed E-state index contributed by atoms with van der Waals surface area (Å²) in [4.78, 5) is 0. The van der Waals surface area contributed by atoms with E-state index in [0.717, 1.165) is 0 Å². The molecule has 0 bridgehead atoms. The third-order valence-corrected chi connectivity index (χ3v) is 0. The zero-order valence-electron chi connectivity index (χ0n) is 2.17. The molecule has 0 saturated heterocycles. The zero-order chi connectivity index (χ0) is 0. The van der Waals surface area contributed by atoms with Gasteiger partial charge in [-0.15, -0.1) is 0 Å². The van der Waals surface area contributed by atoms with Crippen molar-refractivity contribution in [1.29, 1.82) is 0 Å². The van der Waals surface area contributed by atoms with E-state index in [1.807, 2.05) is 0 Å². The van der Waals surface area contributed by atoms with Gasteiger partial charge in [-0.1, -0.05) is 0 Å². The van der Waals surface area contributed by atoms with Crippen LogP contribution in [0.3, 0.4) is 0 Å². The van der Waals surface area contributed by atoms with Gasteiger partial charge in [0.25, 0.3) is 0 Å². The van der Waals surface area contributed by atoms with Crippen molar-refractivity contribution in [3.63, 3.8) is 0 Å². The largest absolute Gasteiger partial charge is 0.412 e. The molecular weight excluding hydrogens is 254 g/mol. The Hall–Kier alpha value is 1.13. The molecule has 0 saturated carbocycles. The molecule has 0 rings (SSSR count). The van der Waals surface area contributed by atoms with Crippen LogP contribution in [0.25, 0.3) is 0 Å². The summed E-state index contributed by atoms with van der Waals surface area (Å²) in [5, 5.41) is 0. The maximum absolute atomic E-state index is 0. The van der Waals surface area contributed by atoms with Crippen molar-refractivity contribution < 1.29 is 55.4 Å². The van der Waals surface area contributed by atoms with Crippen molar-refractivity contribution in [3.8, 4) is 0 Å². The molecular formula is H6O3Rh2. The molecule has 0 atom stereocenters. The molecule has 3 nitrogen and oxygen atoms in total. The van der Waals surface area contributed by atoms with Gasteiger partial charge in [-0.2, -0.15) is 0 Å². The third kappa shape index (κ3) is 39.5. The summed E-state index contributed by atoms with van der Waals surface area (Å²) in [6, 6.07) is 0. The summed E-state index contributed by atoms with van der Waals surface area (Å²) >= 11 is 0. The Morgan fingerprint density at radius 1 is 0.400 bits per heavy atom. The van der Waals surface area contributed by atoms with Crippen molar-refractivity contribution in [3.05, 3.63) is 0 Å². The fraction of sp³-hybridized carbons (Fsp3) is 0. The van der Waals surface area contributed by atoms with E-state index in [9.17, 15) is 0 Å². The molecule has 5 heteroatoms. The molecule has 0 aromatic carbocycles. The topological polar surface area (TPSA) is 94.5 Å². The minimum Gasteiger partial charge on any atom is -0.412 e. The predicted octanol–water partition coefficient (Wildman–Crippen LogP) is -2.48.